The first-order chi connectivity index (χ1) is 14.9. The molecule has 1 aliphatic heterocycles. The van der Waals surface area contributed by atoms with Crippen LogP contribution >= 0.6 is 0 Å². The van der Waals surface area contributed by atoms with E-state index >= 15 is 0 Å². The van der Waals surface area contributed by atoms with Crippen molar-refractivity contribution in [2.24, 2.45) is 0 Å². The maximum atomic E-state index is 13.5. The van der Waals surface area contributed by atoms with Gasteiger partial charge in [0.2, 0.25) is 5.95 Å². The van der Waals surface area contributed by atoms with Gasteiger partial charge in [-0.25, -0.2) is 9.07 Å². The number of carbonyl (C=O) groups is 1. The topological polar surface area (TPSA) is 90.3 Å². The van der Waals surface area contributed by atoms with Crippen LogP contribution in [0.4, 0.5) is 16.0 Å². The molecule has 2 heterocycles. The van der Waals surface area contributed by atoms with Crippen LogP contribution in [-0.4, -0.2) is 34.9 Å². The summed E-state index contributed by atoms with van der Waals surface area (Å²) in [6.45, 7) is 3.54. The minimum atomic E-state index is -0.556. The van der Waals surface area contributed by atoms with Gasteiger partial charge in [-0.1, -0.05) is 6.07 Å². The van der Waals surface area contributed by atoms with Crippen LogP contribution in [-0.2, 0) is 4.79 Å². The van der Waals surface area contributed by atoms with Crippen molar-refractivity contribution in [3.63, 3.8) is 0 Å². The van der Waals surface area contributed by atoms with Crippen LogP contribution in [0.1, 0.15) is 24.1 Å². The number of ether oxygens (including phenoxy) is 2. The Hall–Kier alpha value is -3.88. The minimum Gasteiger partial charge on any atom is -0.493 e. The van der Waals surface area contributed by atoms with Crippen LogP contribution in [0.5, 0.6) is 11.5 Å². The largest absolute Gasteiger partial charge is 0.493 e. The first-order valence-corrected chi connectivity index (χ1v) is 9.59. The fourth-order valence-corrected chi connectivity index (χ4v) is 3.67. The zero-order valence-corrected chi connectivity index (χ0v) is 17.6. The highest BCUT2D eigenvalue weighted by Gasteiger charge is 2.34. The summed E-state index contributed by atoms with van der Waals surface area (Å²) in [5.74, 6) is 0.938. The standard InChI is InChI=1S/C22H22FN5O3/c1-12-9-15(23)6-7-16(12)27-21(29)19-13(2)26-22-24-11-25-28(22)20(19)14-5-8-17(30-3)18(10-14)31-4/h5-11,20H,1-4H3,(H,27,29)(H,24,25,26)/t20-/m0/s1. The van der Waals surface area contributed by atoms with Crippen LogP contribution in [0.3, 0.4) is 0 Å². The molecule has 0 radical (unpaired) electrons. The van der Waals surface area contributed by atoms with Crippen LogP contribution in [0.25, 0.3) is 0 Å². The molecule has 0 aliphatic carbocycles. The molecule has 9 heteroatoms. The minimum absolute atomic E-state index is 0.333. The molecule has 8 nitrogen and oxygen atoms in total. The normalized spacial score (nSPS) is 15.2. The number of rotatable bonds is 5. The van der Waals surface area contributed by atoms with E-state index in [4.69, 9.17) is 9.47 Å². The highest BCUT2D eigenvalue weighted by atomic mass is 19.1. The second kappa shape index (κ2) is 8.10. The summed E-state index contributed by atoms with van der Waals surface area (Å²) in [5.41, 5.74) is 3.01. The average Bonchev–Trinajstić information content (AvgIpc) is 3.22. The number of anilines is 2. The Morgan fingerprint density at radius 1 is 1.13 bits per heavy atom. The first-order valence-electron chi connectivity index (χ1n) is 9.59. The van der Waals surface area contributed by atoms with Gasteiger partial charge in [-0.15, -0.1) is 0 Å². The third-order valence-electron chi connectivity index (χ3n) is 5.20. The van der Waals surface area contributed by atoms with Crippen LogP contribution in [0.2, 0.25) is 0 Å². The van der Waals surface area contributed by atoms with Gasteiger partial charge < -0.3 is 20.1 Å². The molecule has 0 unspecified atom stereocenters. The molecule has 1 atom stereocenters. The number of methoxy groups -OCH3 is 2. The van der Waals surface area contributed by atoms with E-state index in [0.29, 0.717) is 40.0 Å². The van der Waals surface area contributed by atoms with Crippen molar-refractivity contribution < 1.29 is 18.7 Å². The number of amides is 1. The van der Waals surface area contributed by atoms with E-state index in [1.165, 1.54) is 18.5 Å². The van der Waals surface area contributed by atoms with Crippen molar-refractivity contribution in [2.45, 2.75) is 19.9 Å². The molecular weight excluding hydrogens is 401 g/mol. The number of fused-ring (bicyclic) bond motifs is 1. The molecule has 0 bridgehead atoms. The Bertz CT molecular complexity index is 1190. The van der Waals surface area contributed by atoms with Gasteiger partial charge in [0.15, 0.2) is 11.5 Å². The van der Waals surface area contributed by atoms with Gasteiger partial charge in [0.05, 0.1) is 19.8 Å². The second-order valence-electron chi connectivity index (χ2n) is 7.12. The monoisotopic (exact) mass is 423 g/mol. The third kappa shape index (κ3) is 3.70. The van der Waals surface area contributed by atoms with Crippen molar-refractivity contribution in [3.8, 4) is 11.5 Å². The summed E-state index contributed by atoms with van der Waals surface area (Å²) >= 11 is 0. The summed E-state index contributed by atoms with van der Waals surface area (Å²) in [6, 6.07) is 9.11. The van der Waals surface area contributed by atoms with Gasteiger partial charge in [0.25, 0.3) is 5.91 Å². The molecule has 31 heavy (non-hydrogen) atoms. The summed E-state index contributed by atoms with van der Waals surface area (Å²) in [5, 5.41) is 10.3. The lowest BCUT2D eigenvalue weighted by atomic mass is 9.94. The smallest absolute Gasteiger partial charge is 0.255 e. The molecule has 0 spiro atoms. The maximum Gasteiger partial charge on any atom is 0.255 e. The van der Waals surface area contributed by atoms with Gasteiger partial charge in [0, 0.05) is 11.4 Å². The summed E-state index contributed by atoms with van der Waals surface area (Å²) in [6.07, 6.45) is 1.42. The van der Waals surface area contributed by atoms with Crippen molar-refractivity contribution in [2.75, 3.05) is 24.9 Å². The number of hydrogen-bond donors (Lipinski definition) is 2. The molecule has 2 N–H and O–H groups in total. The van der Waals surface area contributed by atoms with Crippen molar-refractivity contribution in [3.05, 3.63) is 70.9 Å². The van der Waals surface area contributed by atoms with E-state index in [-0.39, 0.29) is 11.7 Å². The fraction of sp³-hybridized carbons (Fsp3) is 0.227. The highest BCUT2D eigenvalue weighted by molar-refractivity contribution is 6.06. The predicted octanol–water partition coefficient (Wildman–Crippen LogP) is 3.67. The average molecular weight is 423 g/mol. The fourth-order valence-electron chi connectivity index (χ4n) is 3.67. The Morgan fingerprint density at radius 3 is 2.61 bits per heavy atom. The van der Waals surface area contributed by atoms with E-state index in [9.17, 15) is 9.18 Å². The number of carbonyl (C=O) groups excluding carboxylic acids is 1. The van der Waals surface area contributed by atoms with Gasteiger partial charge in [0.1, 0.15) is 18.2 Å². The molecule has 0 fully saturated rings. The van der Waals surface area contributed by atoms with Crippen LogP contribution < -0.4 is 20.1 Å². The molecule has 1 aromatic heterocycles. The number of nitrogens with zero attached hydrogens (tertiary/aromatic N) is 3. The molecule has 1 amide bonds. The Kier molecular flexibility index (Phi) is 5.33. The van der Waals surface area contributed by atoms with Gasteiger partial charge in [-0.05, 0) is 55.3 Å². The quantitative estimate of drug-likeness (QED) is 0.651. The van der Waals surface area contributed by atoms with Crippen molar-refractivity contribution in [1.82, 2.24) is 14.8 Å². The van der Waals surface area contributed by atoms with E-state index in [1.807, 2.05) is 12.1 Å². The lowest BCUT2D eigenvalue weighted by Gasteiger charge is -2.29. The molecule has 2 aromatic carbocycles. The van der Waals surface area contributed by atoms with Gasteiger partial charge in [-0.3, -0.25) is 4.79 Å². The third-order valence-corrected chi connectivity index (χ3v) is 5.20. The molecular formula is C22H22FN5O3. The number of halogens is 1. The summed E-state index contributed by atoms with van der Waals surface area (Å²) in [4.78, 5) is 17.6. The number of nitrogens with one attached hydrogen (secondary N) is 2. The number of hydrogen-bond acceptors (Lipinski definition) is 6. The van der Waals surface area contributed by atoms with Crippen molar-refractivity contribution >= 4 is 17.5 Å². The SMILES string of the molecule is COc1ccc([C@H]2C(C(=O)Nc3ccc(F)cc3C)=C(C)Nc3ncnn32)cc1OC. The van der Waals surface area contributed by atoms with E-state index in [1.54, 1.807) is 44.9 Å². The Labute approximate surface area is 178 Å². The van der Waals surface area contributed by atoms with Gasteiger partial charge >= 0.3 is 0 Å². The zero-order valence-electron chi connectivity index (χ0n) is 17.6. The zero-order chi connectivity index (χ0) is 22.1. The van der Waals surface area contributed by atoms with E-state index < -0.39 is 6.04 Å². The van der Waals surface area contributed by atoms with Gasteiger partial charge in [-0.2, -0.15) is 10.1 Å². The number of aryl methyl sites for hydroxylation is 1. The van der Waals surface area contributed by atoms with Crippen molar-refractivity contribution in [1.29, 1.82) is 0 Å². The summed E-state index contributed by atoms with van der Waals surface area (Å²) in [7, 11) is 3.11. The van der Waals surface area contributed by atoms with E-state index in [0.717, 1.165) is 5.56 Å². The molecule has 0 saturated heterocycles. The van der Waals surface area contributed by atoms with E-state index in [2.05, 4.69) is 20.7 Å². The predicted molar refractivity (Wildman–Crippen MR) is 114 cm³/mol. The number of benzene rings is 2. The lowest BCUT2D eigenvalue weighted by molar-refractivity contribution is -0.113. The molecule has 160 valence electrons. The molecule has 1 aliphatic rings. The maximum absolute atomic E-state index is 13.5. The number of allylic oxidation sites excluding steroid dienone is 1. The first kappa shape index (κ1) is 20.4. The lowest BCUT2D eigenvalue weighted by Crippen LogP contribution is -2.31. The number of aromatic nitrogens is 3. The van der Waals surface area contributed by atoms with Crippen LogP contribution in [0.15, 0.2) is 54.0 Å². The molecule has 3 aromatic rings. The van der Waals surface area contributed by atoms with Crippen LogP contribution in [0, 0.1) is 12.7 Å². The molecule has 4 rings (SSSR count). The summed E-state index contributed by atoms with van der Waals surface area (Å²) < 4.78 is 25.9. The highest BCUT2D eigenvalue weighted by Crippen LogP contribution is 2.38. The second-order valence-corrected chi connectivity index (χ2v) is 7.12. The molecule has 0 saturated carbocycles. The Morgan fingerprint density at radius 2 is 1.90 bits per heavy atom. The Balaban J connectivity index is 1.78.